The van der Waals surface area contributed by atoms with Gasteiger partial charge in [-0.15, -0.1) is 0 Å². The van der Waals surface area contributed by atoms with Crippen LogP contribution in [-0.4, -0.2) is 55.9 Å². The van der Waals surface area contributed by atoms with Crippen LogP contribution in [0.1, 0.15) is 32.6 Å². The molecule has 106 valence electrons. The third-order valence-corrected chi connectivity index (χ3v) is 4.05. The van der Waals surface area contributed by atoms with Gasteiger partial charge in [-0.3, -0.25) is 0 Å². The maximum Gasteiger partial charge on any atom is 0.166 e. The summed E-state index contributed by atoms with van der Waals surface area (Å²) in [6, 6.07) is 0. The number of nitrogens with zero attached hydrogens (tertiary/aromatic N) is 1. The molecule has 0 unspecified atom stereocenters. The van der Waals surface area contributed by atoms with E-state index in [4.69, 9.17) is 17.0 Å². The molecule has 1 fully saturated rings. The highest BCUT2D eigenvalue weighted by Gasteiger charge is 2.38. The summed E-state index contributed by atoms with van der Waals surface area (Å²) in [5.41, 5.74) is 0.317. The van der Waals surface area contributed by atoms with Gasteiger partial charge >= 0.3 is 0 Å². The minimum Gasteiger partial charge on any atom is -0.382 e. The Labute approximate surface area is 116 Å². The lowest BCUT2D eigenvalue weighted by atomic mass is 9.75. The fourth-order valence-corrected chi connectivity index (χ4v) is 2.37. The Bertz CT molecular complexity index is 255. The largest absolute Gasteiger partial charge is 0.382 e. The van der Waals surface area contributed by atoms with Crippen LogP contribution in [0.4, 0.5) is 0 Å². The summed E-state index contributed by atoms with van der Waals surface area (Å²) in [6.07, 6.45) is 4.85. The van der Waals surface area contributed by atoms with E-state index >= 15 is 0 Å². The van der Waals surface area contributed by atoms with E-state index in [0.717, 1.165) is 37.8 Å². The fourth-order valence-electron chi connectivity index (χ4n) is 2.19. The maximum absolute atomic E-state index is 5.28. The van der Waals surface area contributed by atoms with Gasteiger partial charge in [-0.2, -0.15) is 0 Å². The van der Waals surface area contributed by atoms with Gasteiger partial charge < -0.3 is 20.3 Å². The van der Waals surface area contributed by atoms with Crippen LogP contribution in [0.2, 0.25) is 0 Å². The molecular formula is C13H27N3OS. The SMILES string of the molecule is CCOCCCNC(=S)NCC1(N(C)C)CCC1. The Kier molecular flexibility index (Phi) is 6.89. The van der Waals surface area contributed by atoms with E-state index in [1.807, 2.05) is 6.92 Å². The highest BCUT2D eigenvalue weighted by molar-refractivity contribution is 7.80. The average Bonchev–Trinajstić information content (AvgIpc) is 2.27. The summed E-state index contributed by atoms with van der Waals surface area (Å²) in [5, 5.41) is 7.32. The van der Waals surface area contributed by atoms with Gasteiger partial charge in [0.05, 0.1) is 0 Å². The van der Waals surface area contributed by atoms with Crippen LogP contribution in [0.5, 0.6) is 0 Å². The molecule has 0 saturated heterocycles. The molecule has 0 spiro atoms. The summed E-state index contributed by atoms with van der Waals surface area (Å²) in [6.45, 7) is 5.42. The predicted molar refractivity (Wildman–Crippen MR) is 80.0 cm³/mol. The van der Waals surface area contributed by atoms with E-state index in [0.29, 0.717) is 5.54 Å². The van der Waals surface area contributed by atoms with E-state index in [2.05, 4.69) is 29.6 Å². The second kappa shape index (κ2) is 7.92. The van der Waals surface area contributed by atoms with E-state index < -0.39 is 0 Å². The Morgan fingerprint density at radius 2 is 2.06 bits per heavy atom. The molecule has 5 heteroatoms. The zero-order valence-corrected chi connectivity index (χ0v) is 12.7. The smallest absolute Gasteiger partial charge is 0.166 e. The van der Waals surface area contributed by atoms with Gasteiger partial charge in [0.2, 0.25) is 0 Å². The zero-order chi connectivity index (χ0) is 13.4. The summed E-state index contributed by atoms with van der Waals surface area (Å²) in [4.78, 5) is 2.32. The first kappa shape index (κ1) is 15.7. The average molecular weight is 273 g/mol. The van der Waals surface area contributed by atoms with Crippen molar-refractivity contribution >= 4 is 17.3 Å². The first-order chi connectivity index (χ1) is 8.60. The van der Waals surface area contributed by atoms with Gasteiger partial charge in [-0.1, -0.05) is 0 Å². The Hall–Kier alpha value is -0.390. The fraction of sp³-hybridized carbons (Fsp3) is 0.923. The van der Waals surface area contributed by atoms with Crippen molar-refractivity contribution in [2.75, 3.05) is 40.4 Å². The van der Waals surface area contributed by atoms with Gasteiger partial charge in [0.25, 0.3) is 0 Å². The van der Waals surface area contributed by atoms with Crippen LogP contribution in [0.25, 0.3) is 0 Å². The minimum absolute atomic E-state index is 0.317. The van der Waals surface area contributed by atoms with Crippen LogP contribution in [0, 0.1) is 0 Å². The molecule has 0 aromatic rings. The summed E-state index contributed by atoms with van der Waals surface area (Å²) in [7, 11) is 4.30. The minimum atomic E-state index is 0.317. The molecule has 0 aliphatic heterocycles. The molecule has 0 bridgehead atoms. The van der Waals surface area contributed by atoms with Gasteiger partial charge in [0.1, 0.15) is 0 Å². The quantitative estimate of drug-likeness (QED) is 0.516. The lowest BCUT2D eigenvalue weighted by Gasteiger charge is -2.47. The summed E-state index contributed by atoms with van der Waals surface area (Å²) in [5.74, 6) is 0. The van der Waals surface area contributed by atoms with Crippen molar-refractivity contribution in [3.63, 3.8) is 0 Å². The van der Waals surface area contributed by atoms with Gasteiger partial charge in [-0.05, 0) is 58.9 Å². The number of likely N-dealkylation sites (N-methyl/N-ethyl adjacent to an activating group) is 1. The van der Waals surface area contributed by atoms with Gasteiger partial charge in [0.15, 0.2) is 5.11 Å². The number of hydrogen-bond donors (Lipinski definition) is 2. The van der Waals surface area contributed by atoms with Crippen molar-refractivity contribution in [2.45, 2.75) is 38.1 Å². The second-order valence-corrected chi connectivity index (χ2v) is 5.54. The number of hydrogen-bond acceptors (Lipinski definition) is 3. The van der Waals surface area contributed by atoms with Crippen molar-refractivity contribution in [3.8, 4) is 0 Å². The number of thiocarbonyl (C=S) groups is 1. The monoisotopic (exact) mass is 273 g/mol. The van der Waals surface area contributed by atoms with Crippen molar-refractivity contribution in [1.29, 1.82) is 0 Å². The van der Waals surface area contributed by atoms with Crippen molar-refractivity contribution in [1.82, 2.24) is 15.5 Å². The first-order valence-electron chi connectivity index (χ1n) is 6.87. The molecule has 0 radical (unpaired) electrons. The highest BCUT2D eigenvalue weighted by atomic mass is 32.1. The molecule has 1 saturated carbocycles. The normalized spacial score (nSPS) is 17.3. The third kappa shape index (κ3) is 4.71. The van der Waals surface area contributed by atoms with Crippen LogP contribution < -0.4 is 10.6 Å². The molecule has 0 amide bonds. The topological polar surface area (TPSA) is 36.5 Å². The molecule has 0 aromatic carbocycles. The number of ether oxygens (including phenoxy) is 1. The van der Waals surface area contributed by atoms with Crippen molar-refractivity contribution in [2.24, 2.45) is 0 Å². The number of nitrogens with one attached hydrogen (secondary N) is 2. The predicted octanol–water partition coefficient (Wildman–Crippen LogP) is 1.36. The molecule has 0 aromatic heterocycles. The van der Waals surface area contributed by atoms with E-state index in [1.54, 1.807) is 0 Å². The van der Waals surface area contributed by atoms with Crippen molar-refractivity contribution in [3.05, 3.63) is 0 Å². The Balaban J connectivity index is 2.09. The molecule has 2 N–H and O–H groups in total. The summed E-state index contributed by atoms with van der Waals surface area (Å²) < 4.78 is 5.28. The molecule has 1 aliphatic carbocycles. The first-order valence-corrected chi connectivity index (χ1v) is 7.28. The van der Waals surface area contributed by atoms with E-state index in [-0.39, 0.29) is 0 Å². The van der Waals surface area contributed by atoms with Crippen LogP contribution >= 0.6 is 12.2 Å². The molecule has 4 nitrogen and oxygen atoms in total. The number of rotatable bonds is 8. The third-order valence-electron chi connectivity index (χ3n) is 3.77. The molecule has 1 aliphatic rings. The van der Waals surface area contributed by atoms with Gasteiger partial charge in [-0.25, -0.2) is 0 Å². The van der Waals surface area contributed by atoms with E-state index in [1.165, 1.54) is 19.3 Å². The lowest BCUT2D eigenvalue weighted by Crippen LogP contribution is -2.58. The summed E-state index contributed by atoms with van der Waals surface area (Å²) >= 11 is 5.28. The molecule has 0 atom stereocenters. The Morgan fingerprint density at radius 3 is 2.56 bits per heavy atom. The van der Waals surface area contributed by atoms with Crippen LogP contribution in [0.3, 0.4) is 0 Å². The second-order valence-electron chi connectivity index (χ2n) is 5.13. The van der Waals surface area contributed by atoms with Crippen LogP contribution in [-0.2, 0) is 4.74 Å². The molecular weight excluding hydrogens is 246 g/mol. The van der Waals surface area contributed by atoms with E-state index in [9.17, 15) is 0 Å². The van der Waals surface area contributed by atoms with Crippen molar-refractivity contribution < 1.29 is 4.74 Å². The molecule has 18 heavy (non-hydrogen) atoms. The highest BCUT2D eigenvalue weighted by Crippen LogP contribution is 2.35. The molecule has 0 heterocycles. The van der Waals surface area contributed by atoms with Gasteiger partial charge in [0, 0.05) is 31.8 Å². The standard InChI is InChI=1S/C13H27N3OS/c1-4-17-10-6-9-14-12(18)15-11-13(16(2)3)7-5-8-13/h4-11H2,1-3H3,(H2,14,15,18). The molecule has 1 rings (SSSR count). The van der Waals surface area contributed by atoms with Crippen LogP contribution in [0.15, 0.2) is 0 Å². The zero-order valence-electron chi connectivity index (χ0n) is 11.9. The maximum atomic E-state index is 5.28. The lowest BCUT2D eigenvalue weighted by molar-refractivity contribution is 0.0648. The Morgan fingerprint density at radius 1 is 1.33 bits per heavy atom.